The van der Waals surface area contributed by atoms with Gasteiger partial charge in [-0.3, -0.25) is 0 Å². The molecule has 92 valence electrons. The van der Waals surface area contributed by atoms with Crippen molar-refractivity contribution in [2.45, 2.75) is 66.0 Å². The van der Waals surface area contributed by atoms with Crippen LogP contribution in [0.2, 0.25) is 0 Å². The number of hydrogen-bond acceptors (Lipinski definition) is 2. The first-order valence-electron chi connectivity index (χ1n) is 6.45. The maximum absolute atomic E-state index is 5.79. The highest BCUT2D eigenvalue weighted by Gasteiger charge is 2.07. The average Bonchev–Trinajstić information content (AvgIpc) is 2.23. The second kappa shape index (κ2) is 9.17. The molecule has 15 heavy (non-hydrogen) atoms. The van der Waals surface area contributed by atoms with E-state index in [-0.39, 0.29) is 0 Å². The van der Waals surface area contributed by atoms with Crippen molar-refractivity contribution in [3.8, 4) is 0 Å². The van der Waals surface area contributed by atoms with Gasteiger partial charge in [-0.05, 0) is 32.6 Å². The zero-order chi connectivity index (χ0) is 11.7. The van der Waals surface area contributed by atoms with Gasteiger partial charge in [0.25, 0.3) is 0 Å². The summed E-state index contributed by atoms with van der Waals surface area (Å²) < 4.78 is 5.79. The van der Waals surface area contributed by atoms with Crippen LogP contribution in [0.25, 0.3) is 0 Å². The molecular formula is C13H29NO. The van der Waals surface area contributed by atoms with E-state index in [2.05, 4.69) is 39.9 Å². The van der Waals surface area contributed by atoms with Crippen LogP contribution in [0.1, 0.15) is 53.9 Å². The van der Waals surface area contributed by atoms with Gasteiger partial charge in [0.1, 0.15) is 0 Å². The molecule has 0 aromatic rings. The lowest BCUT2D eigenvalue weighted by molar-refractivity contribution is 0.0408. The topological polar surface area (TPSA) is 21.3 Å². The number of ether oxygens (including phenoxy) is 1. The first kappa shape index (κ1) is 14.9. The van der Waals surface area contributed by atoms with Crippen molar-refractivity contribution in [1.29, 1.82) is 0 Å². The summed E-state index contributed by atoms with van der Waals surface area (Å²) in [4.78, 5) is 0. The highest BCUT2D eigenvalue weighted by molar-refractivity contribution is 4.62. The van der Waals surface area contributed by atoms with Gasteiger partial charge in [0.15, 0.2) is 0 Å². The van der Waals surface area contributed by atoms with Gasteiger partial charge in [-0.25, -0.2) is 0 Å². The Kier molecular flexibility index (Phi) is 9.12. The van der Waals surface area contributed by atoms with E-state index in [0.717, 1.165) is 13.2 Å². The summed E-state index contributed by atoms with van der Waals surface area (Å²) in [7, 11) is 0. The van der Waals surface area contributed by atoms with E-state index < -0.39 is 0 Å². The zero-order valence-corrected chi connectivity index (χ0v) is 11.2. The predicted octanol–water partition coefficient (Wildman–Crippen LogP) is 3.22. The molecule has 0 heterocycles. The second-order valence-corrected chi connectivity index (χ2v) is 4.76. The summed E-state index contributed by atoms with van der Waals surface area (Å²) in [5.74, 6) is 0.695. The van der Waals surface area contributed by atoms with E-state index in [1.165, 1.54) is 19.3 Å². The Morgan fingerprint density at radius 3 is 2.33 bits per heavy atom. The van der Waals surface area contributed by atoms with E-state index >= 15 is 0 Å². The monoisotopic (exact) mass is 215 g/mol. The molecule has 2 heteroatoms. The number of hydrogen-bond donors (Lipinski definition) is 1. The Balaban J connectivity index is 3.44. The molecule has 0 radical (unpaired) electrons. The molecule has 0 amide bonds. The molecule has 0 aliphatic heterocycles. The molecule has 0 aliphatic rings. The van der Waals surface area contributed by atoms with E-state index in [0.29, 0.717) is 18.1 Å². The molecule has 0 aromatic carbocycles. The van der Waals surface area contributed by atoms with Gasteiger partial charge in [0.05, 0.1) is 6.10 Å². The Labute approximate surface area is 95.8 Å². The Morgan fingerprint density at radius 1 is 1.13 bits per heavy atom. The summed E-state index contributed by atoms with van der Waals surface area (Å²) >= 11 is 0. The second-order valence-electron chi connectivity index (χ2n) is 4.76. The molecule has 0 spiro atoms. The predicted molar refractivity (Wildman–Crippen MR) is 67.2 cm³/mol. The van der Waals surface area contributed by atoms with Crippen molar-refractivity contribution >= 4 is 0 Å². The van der Waals surface area contributed by atoms with Gasteiger partial charge in [-0.2, -0.15) is 0 Å². The van der Waals surface area contributed by atoms with Gasteiger partial charge < -0.3 is 10.1 Å². The smallest absolute Gasteiger partial charge is 0.0671 e. The molecule has 3 unspecified atom stereocenters. The molecule has 2 nitrogen and oxygen atoms in total. The van der Waals surface area contributed by atoms with Crippen LogP contribution in [0.3, 0.4) is 0 Å². The summed E-state index contributed by atoms with van der Waals surface area (Å²) in [5, 5.41) is 3.46. The third-order valence-electron chi connectivity index (χ3n) is 2.81. The van der Waals surface area contributed by atoms with Gasteiger partial charge in [0, 0.05) is 19.2 Å². The standard InChI is InChI=1S/C13H29NO/c1-6-8-11(3)10-15-13(5)9-14-12(4)7-2/h11-14H,6-10H2,1-5H3. The number of nitrogens with one attached hydrogen (secondary N) is 1. The third kappa shape index (κ3) is 8.88. The van der Waals surface area contributed by atoms with Crippen molar-refractivity contribution in [2.24, 2.45) is 5.92 Å². The minimum absolute atomic E-state index is 0.332. The van der Waals surface area contributed by atoms with Crippen molar-refractivity contribution < 1.29 is 4.74 Å². The van der Waals surface area contributed by atoms with Crippen LogP contribution in [0, 0.1) is 5.92 Å². The van der Waals surface area contributed by atoms with Gasteiger partial charge >= 0.3 is 0 Å². The molecular weight excluding hydrogens is 186 g/mol. The summed E-state index contributed by atoms with van der Waals surface area (Å²) in [5.41, 5.74) is 0. The summed E-state index contributed by atoms with van der Waals surface area (Å²) in [6, 6.07) is 0.601. The molecule has 0 aromatic heterocycles. The minimum Gasteiger partial charge on any atom is -0.377 e. The average molecular weight is 215 g/mol. The molecule has 0 bridgehead atoms. The van der Waals surface area contributed by atoms with Gasteiger partial charge in [-0.1, -0.05) is 27.2 Å². The number of rotatable bonds is 9. The van der Waals surface area contributed by atoms with Crippen LogP contribution in [-0.2, 0) is 4.74 Å². The summed E-state index contributed by atoms with van der Waals surface area (Å²) in [6.07, 6.45) is 4.03. The van der Waals surface area contributed by atoms with Crippen LogP contribution < -0.4 is 5.32 Å². The maximum Gasteiger partial charge on any atom is 0.0671 e. The highest BCUT2D eigenvalue weighted by atomic mass is 16.5. The zero-order valence-electron chi connectivity index (χ0n) is 11.2. The van der Waals surface area contributed by atoms with Crippen LogP contribution in [0.4, 0.5) is 0 Å². The highest BCUT2D eigenvalue weighted by Crippen LogP contribution is 2.06. The van der Waals surface area contributed by atoms with Crippen molar-refractivity contribution in [1.82, 2.24) is 5.32 Å². The molecule has 1 N–H and O–H groups in total. The quantitative estimate of drug-likeness (QED) is 0.637. The normalized spacial score (nSPS) is 17.4. The van der Waals surface area contributed by atoms with E-state index in [1.807, 2.05) is 0 Å². The molecule has 0 saturated carbocycles. The Morgan fingerprint density at radius 2 is 1.80 bits per heavy atom. The Bertz CT molecular complexity index is 138. The summed E-state index contributed by atoms with van der Waals surface area (Å²) in [6.45, 7) is 12.9. The molecule has 0 rings (SSSR count). The maximum atomic E-state index is 5.79. The largest absolute Gasteiger partial charge is 0.377 e. The SMILES string of the molecule is CCCC(C)COC(C)CNC(C)CC. The van der Waals surface area contributed by atoms with Crippen molar-refractivity contribution in [2.75, 3.05) is 13.2 Å². The van der Waals surface area contributed by atoms with Crippen LogP contribution in [0.5, 0.6) is 0 Å². The van der Waals surface area contributed by atoms with Crippen LogP contribution in [-0.4, -0.2) is 25.3 Å². The first-order valence-corrected chi connectivity index (χ1v) is 6.45. The van der Waals surface area contributed by atoms with E-state index in [1.54, 1.807) is 0 Å². The fraction of sp³-hybridized carbons (Fsp3) is 1.00. The van der Waals surface area contributed by atoms with Crippen molar-refractivity contribution in [3.05, 3.63) is 0 Å². The van der Waals surface area contributed by atoms with Crippen LogP contribution in [0.15, 0.2) is 0 Å². The fourth-order valence-electron chi connectivity index (χ4n) is 1.48. The molecule has 0 aliphatic carbocycles. The molecule has 0 saturated heterocycles. The minimum atomic E-state index is 0.332. The molecule has 3 atom stereocenters. The van der Waals surface area contributed by atoms with Gasteiger partial charge in [-0.15, -0.1) is 0 Å². The lowest BCUT2D eigenvalue weighted by Crippen LogP contribution is -2.33. The third-order valence-corrected chi connectivity index (χ3v) is 2.81. The van der Waals surface area contributed by atoms with E-state index in [4.69, 9.17) is 4.74 Å². The lowest BCUT2D eigenvalue weighted by Gasteiger charge is -2.19. The first-order chi connectivity index (χ1) is 7.10. The lowest BCUT2D eigenvalue weighted by atomic mass is 10.1. The van der Waals surface area contributed by atoms with Crippen molar-refractivity contribution in [3.63, 3.8) is 0 Å². The van der Waals surface area contributed by atoms with Gasteiger partial charge in [0.2, 0.25) is 0 Å². The van der Waals surface area contributed by atoms with E-state index in [9.17, 15) is 0 Å². The molecule has 0 fully saturated rings. The van der Waals surface area contributed by atoms with Crippen LogP contribution >= 0.6 is 0 Å². The Hall–Kier alpha value is -0.0800. The fourth-order valence-corrected chi connectivity index (χ4v) is 1.48.